The average Bonchev–Trinajstić information content (AvgIpc) is 2.96. The van der Waals surface area contributed by atoms with Crippen molar-refractivity contribution in [2.75, 3.05) is 7.11 Å². The third kappa shape index (κ3) is 5.63. The van der Waals surface area contributed by atoms with Gasteiger partial charge < -0.3 is 9.47 Å². The van der Waals surface area contributed by atoms with Crippen LogP contribution in [-0.4, -0.2) is 23.0 Å². The number of methoxy groups -OCH3 is 1. The van der Waals surface area contributed by atoms with E-state index in [-0.39, 0.29) is 11.5 Å². The van der Waals surface area contributed by atoms with Crippen LogP contribution in [0.15, 0.2) is 94.8 Å². The standard InChI is InChI=1S/C33H30ClN3O3/c1-21(2)27-18-28(22(3)17-31(27)39-4)32-36-30-12-8-6-10-26(30)33(38)37(32)35-19-23-13-15-25(16-14-23)40-20-24-9-5-7-11-29(24)34/h5-19,21H,20H2,1-4H3. The van der Waals surface area contributed by atoms with Crippen LogP contribution >= 0.6 is 11.6 Å². The van der Waals surface area contributed by atoms with E-state index in [2.05, 4.69) is 18.9 Å². The molecule has 0 bridgehead atoms. The van der Waals surface area contributed by atoms with Crippen molar-refractivity contribution in [1.82, 2.24) is 9.66 Å². The second-order valence-electron chi connectivity index (χ2n) is 9.83. The number of hydrogen-bond donors (Lipinski definition) is 0. The molecule has 1 heterocycles. The van der Waals surface area contributed by atoms with Gasteiger partial charge >= 0.3 is 0 Å². The first-order valence-corrected chi connectivity index (χ1v) is 13.4. The number of aromatic nitrogens is 2. The monoisotopic (exact) mass is 551 g/mol. The van der Waals surface area contributed by atoms with Gasteiger partial charge in [0.15, 0.2) is 5.82 Å². The number of aryl methyl sites for hydroxylation is 1. The van der Waals surface area contributed by atoms with Crippen molar-refractivity contribution in [3.8, 4) is 22.9 Å². The molecule has 0 spiro atoms. The zero-order valence-corrected chi connectivity index (χ0v) is 23.6. The van der Waals surface area contributed by atoms with Crippen LogP contribution in [0, 0.1) is 6.92 Å². The maximum absolute atomic E-state index is 13.7. The number of hydrogen-bond acceptors (Lipinski definition) is 5. The Morgan fingerprint density at radius 3 is 2.45 bits per heavy atom. The van der Waals surface area contributed by atoms with Gasteiger partial charge in [0.25, 0.3) is 5.56 Å². The highest BCUT2D eigenvalue weighted by molar-refractivity contribution is 6.31. The molecule has 0 unspecified atom stereocenters. The van der Waals surface area contributed by atoms with E-state index in [4.69, 9.17) is 26.1 Å². The van der Waals surface area contributed by atoms with E-state index in [0.29, 0.717) is 34.1 Å². The minimum atomic E-state index is -0.238. The van der Waals surface area contributed by atoms with Gasteiger partial charge in [-0.1, -0.05) is 55.8 Å². The van der Waals surface area contributed by atoms with Crippen molar-refractivity contribution in [3.63, 3.8) is 0 Å². The maximum Gasteiger partial charge on any atom is 0.282 e. The van der Waals surface area contributed by atoms with Crippen LogP contribution in [0.1, 0.15) is 42.0 Å². The van der Waals surface area contributed by atoms with E-state index < -0.39 is 0 Å². The molecule has 202 valence electrons. The summed E-state index contributed by atoms with van der Waals surface area (Å²) < 4.78 is 12.9. The van der Waals surface area contributed by atoms with E-state index in [9.17, 15) is 4.79 Å². The molecule has 0 aliphatic heterocycles. The summed E-state index contributed by atoms with van der Waals surface area (Å²) in [6.07, 6.45) is 1.65. The van der Waals surface area contributed by atoms with Gasteiger partial charge in [0.1, 0.15) is 18.1 Å². The lowest BCUT2D eigenvalue weighted by molar-refractivity contribution is 0.306. The molecule has 0 amide bonds. The molecular formula is C33H30ClN3O3. The summed E-state index contributed by atoms with van der Waals surface area (Å²) >= 11 is 6.23. The van der Waals surface area contributed by atoms with E-state index in [1.54, 1.807) is 19.4 Å². The molecule has 6 nitrogen and oxygen atoms in total. The van der Waals surface area contributed by atoms with Gasteiger partial charge in [-0.05, 0) is 84.1 Å². The van der Waals surface area contributed by atoms with Crippen LogP contribution in [0.2, 0.25) is 5.02 Å². The number of ether oxygens (including phenoxy) is 2. The Hall–Kier alpha value is -4.42. The Kier molecular flexibility index (Phi) is 7.99. The van der Waals surface area contributed by atoms with Gasteiger partial charge in [0.05, 0.1) is 24.2 Å². The lowest BCUT2D eigenvalue weighted by atomic mass is 9.96. The third-order valence-corrected chi connectivity index (χ3v) is 7.12. The van der Waals surface area contributed by atoms with E-state index in [1.807, 2.05) is 85.8 Å². The zero-order valence-electron chi connectivity index (χ0n) is 22.9. The molecule has 0 aliphatic rings. The second-order valence-corrected chi connectivity index (χ2v) is 10.2. The Morgan fingerprint density at radius 2 is 1.73 bits per heavy atom. The van der Waals surface area contributed by atoms with Crippen LogP contribution in [0.3, 0.4) is 0 Å². The molecule has 0 fully saturated rings. The van der Waals surface area contributed by atoms with Crippen molar-refractivity contribution < 1.29 is 9.47 Å². The van der Waals surface area contributed by atoms with Crippen molar-refractivity contribution >= 4 is 28.7 Å². The number of benzene rings is 4. The Labute approximate surface area is 238 Å². The van der Waals surface area contributed by atoms with Crippen molar-refractivity contribution in [2.45, 2.75) is 33.3 Å². The van der Waals surface area contributed by atoms with Gasteiger partial charge in [0, 0.05) is 16.1 Å². The first-order valence-electron chi connectivity index (χ1n) is 13.1. The summed E-state index contributed by atoms with van der Waals surface area (Å²) in [5.41, 5.74) is 4.91. The molecule has 40 heavy (non-hydrogen) atoms. The summed E-state index contributed by atoms with van der Waals surface area (Å²) in [5, 5.41) is 5.79. The smallest absolute Gasteiger partial charge is 0.282 e. The first-order chi connectivity index (χ1) is 19.4. The Bertz CT molecular complexity index is 1760. The van der Waals surface area contributed by atoms with E-state index in [0.717, 1.165) is 33.6 Å². The largest absolute Gasteiger partial charge is 0.496 e. The van der Waals surface area contributed by atoms with Crippen LogP contribution in [0.4, 0.5) is 0 Å². The molecule has 5 rings (SSSR count). The molecule has 0 radical (unpaired) electrons. The van der Waals surface area contributed by atoms with Gasteiger partial charge in [-0.15, -0.1) is 0 Å². The summed E-state index contributed by atoms with van der Waals surface area (Å²) in [6.45, 7) is 6.57. The molecular weight excluding hydrogens is 522 g/mol. The molecule has 0 atom stereocenters. The predicted octanol–water partition coefficient (Wildman–Crippen LogP) is 7.62. The minimum absolute atomic E-state index is 0.220. The molecule has 5 aromatic rings. The van der Waals surface area contributed by atoms with Crippen molar-refractivity contribution in [3.05, 3.63) is 123 Å². The number of halogens is 1. The van der Waals surface area contributed by atoms with Gasteiger partial charge in [-0.3, -0.25) is 4.79 Å². The fourth-order valence-corrected chi connectivity index (χ4v) is 4.71. The summed E-state index contributed by atoms with van der Waals surface area (Å²) in [6, 6.07) is 26.5. The lowest BCUT2D eigenvalue weighted by Crippen LogP contribution is -2.20. The highest BCUT2D eigenvalue weighted by Crippen LogP contribution is 2.34. The SMILES string of the molecule is COc1cc(C)c(-c2nc3ccccc3c(=O)n2N=Cc2ccc(OCc3ccccc3Cl)cc2)cc1C(C)C. The molecule has 0 saturated carbocycles. The zero-order chi connectivity index (χ0) is 28.2. The summed E-state index contributed by atoms with van der Waals surface area (Å²) in [7, 11) is 1.67. The second kappa shape index (κ2) is 11.8. The van der Waals surface area contributed by atoms with Crippen LogP contribution < -0.4 is 15.0 Å². The molecule has 7 heteroatoms. The third-order valence-electron chi connectivity index (χ3n) is 6.75. The van der Waals surface area contributed by atoms with E-state index >= 15 is 0 Å². The highest BCUT2D eigenvalue weighted by atomic mass is 35.5. The number of para-hydroxylation sites is 1. The van der Waals surface area contributed by atoms with Crippen LogP contribution in [0.25, 0.3) is 22.3 Å². The fourth-order valence-electron chi connectivity index (χ4n) is 4.52. The molecule has 0 N–H and O–H groups in total. The Morgan fingerprint density at radius 1 is 1.00 bits per heavy atom. The molecule has 4 aromatic carbocycles. The average molecular weight is 552 g/mol. The minimum Gasteiger partial charge on any atom is -0.496 e. The Balaban J connectivity index is 1.52. The van der Waals surface area contributed by atoms with Gasteiger partial charge in [-0.2, -0.15) is 9.78 Å². The molecule has 1 aromatic heterocycles. The number of nitrogens with zero attached hydrogens (tertiary/aromatic N) is 3. The predicted molar refractivity (Wildman–Crippen MR) is 162 cm³/mol. The van der Waals surface area contributed by atoms with Gasteiger partial charge in [0.2, 0.25) is 0 Å². The van der Waals surface area contributed by atoms with Crippen LogP contribution in [-0.2, 0) is 6.61 Å². The quantitative estimate of drug-likeness (QED) is 0.186. The topological polar surface area (TPSA) is 65.7 Å². The van der Waals surface area contributed by atoms with E-state index in [1.165, 1.54) is 4.68 Å². The maximum atomic E-state index is 13.7. The lowest BCUT2D eigenvalue weighted by Gasteiger charge is -2.17. The van der Waals surface area contributed by atoms with Crippen molar-refractivity contribution in [1.29, 1.82) is 0 Å². The fraction of sp³-hybridized carbons (Fsp3) is 0.182. The van der Waals surface area contributed by atoms with Crippen molar-refractivity contribution in [2.24, 2.45) is 5.10 Å². The molecule has 0 saturated heterocycles. The number of fused-ring (bicyclic) bond motifs is 1. The summed E-state index contributed by atoms with van der Waals surface area (Å²) in [5.74, 6) is 2.21. The normalized spacial score (nSPS) is 11.4. The first kappa shape index (κ1) is 27.2. The highest BCUT2D eigenvalue weighted by Gasteiger charge is 2.18. The summed E-state index contributed by atoms with van der Waals surface area (Å²) in [4.78, 5) is 18.5. The number of rotatable bonds is 8. The van der Waals surface area contributed by atoms with Gasteiger partial charge in [-0.25, -0.2) is 4.98 Å². The molecule has 0 aliphatic carbocycles. The van der Waals surface area contributed by atoms with Crippen LogP contribution in [0.5, 0.6) is 11.5 Å².